The van der Waals surface area contributed by atoms with Gasteiger partial charge < -0.3 is 15.2 Å². The van der Waals surface area contributed by atoms with Gasteiger partial charge >= 0.3 is 11.9 Å². The number of pyridine rings is 1. The number of hydrogen-bond donors (Lipinski definition) is 2. The molecule has 1 aromatic heterocycles. The molecule has 0 aliphatic heterocycles. The Bertz CT molecular complexity index is 1050. The van der Waals surface area contributed by atoms with E-state index in [4.69, 9.17) is 16.3 Å². The molecule has 28 heavy (non-hydrogen) atoms. The van der Waals surface area contributed by atoms with Crippen LogP contribution in [0.4, 0.5) is 11.4 Å². The molecule has 0 unspecified atom stereocenters. The predicted molar refractivity (Wildman–Crippen MR) is 111 cm³/mol. The first-order chi connectivity index (χ1) is 12.9. The van der Waals surface area contributed by atoms with Crippen LogP contribution in [0, 0.1) is 6.92 Å². The largest absolute Gasteiger partial charge is 0.478 e. The quantitative estimate of drug-likeness (QED) is 0.548. The summed E-state index contributed by atoms with van der Waals surface area (Å²) < 4.78 is 5.13. The molecule has 0 saturated heterocycles. The third-order valence-electron chi connectivity index (χ3n) is 4.00. The van der Waals surface area contributed by atoms with Crippen molar-refractivity contribution in [3.05, 3.63) is 64.3 Å². The van der Waals surface area contributed by atoms with Gasteiger partial charge in [-0.1, -0.05) is 17.7 Å². The van der Waals surface area contributed by atoms with Crippen LogP contribution in [0.2, 0.25) is 5.02 Å². The van der Waals surface area contributed by atoms with E-state index < -0.39 is 11.9 Å². The maximum absolute atomic E-state index is 12.4. The summed E-state index contributed by atoms with van der Waals surface area (Å²) in [6.07, 6.45) is 1.45. The maximum atomic E-state index is 12.4. The zero-order valence-electron chi connectivity index (χ0n) is 15.2. The third-order valence-corrected chi connectivity index (χ3v) is 4.22. The van der Waals surface area contributed by atoms with Crippen LogP contribution in [0.15, 0.2) is 42.6 Å². The molecule has 2 aromatic carbocycles. The van der Waals surface area contributed by atoms with E-state index in [2.05, 4.69) is 10.3 Å². The lowest BCUT2D eigenvalue weighted by molar-refractivity contribution is 0.0526. The number of hydrogen-bond acceptors (Lipinski definition) is 5. The van der Waals surface area contributed by atoms with Gasteiger partial charge in [0, 0.05) is 22.3 Å². The number of aryl methyl sites for hydroxylation is 1. The van der Waals surface area contributed by atoms with Gasteiger partial charge in [-0.2, -0.15) is 0 Å². The van der Waals surface area contributed by atoms with E-state index in [1.165, 1.54) is 18.3 Å². The summed E-state index contributed by atoms with van der Waals surface area (Å²) >= 11 is 6.21. The fraction of sp³-hybridized carbons (Fsp3) is 0.150. The van der Waals surface area contributed by atoms with Gasteiger partial charge in [0.1, 0.15) is 5.56 Å². The number of aromatic nitrogens is 1. The monoisotopic (exact) mass is 420 g/mol. The summed E-state index contributed by atoms with van der Waals surface area (Å²) in [5.41, 5.74) is 2.90. The number of carbonyl (C=O) groups is 2. The number of esters is 1. The minimum Gasteiger partial charge on any atom is -0.478 e. The summed E-state index contributed by atoms with van der Waals surface area (Å²) in [5.74, 6) is -1.57. The highest BCUT2D eigenvalue weighted by atomic mass is 35.5. The number of carbonyl (C=O) groups excluding carboxylic acids is 1. The lowest BCUT2D eigenvalue weighted by atomic mass is 10.1. The van der Waals surface area contributed by atoms with E-state index in [0.717, 1.165) is 5.56 Å². The maximum Gasteiger partial charge on any atom is 0.341 e. The number of carboxylic acid groups (broad SMARTS) is 1. The van der Waals surface area contributed by atoms with Crippen LogP contribution < -0.4 is 5.32 Å². The van der Waals surface area contributed by atoms with Crippen molar-refractivity contribution in [3.63, 3.8) is 0 Å². The molecular weight excluding hydrogens is 403 g/mol. The number of nitrogens with zero attached hydrogens (tertiary/aromatic N) is 1. The highest BCUT2D eigenvalue weighted by Gasteiger charge is 2.18. The first kappa shape index (κ1) is 21.5. The van der Waals surface area contributed by atoms with Crippen LogP contribution in [0.25, 0.3) is 10.9 Å². The standard InChI is InChI=1S/C20H17ClN2O4.ClH/c1-3-27-20(26)16-10-22-17-11(2)7-13(21)9-15(17)18(16)23-14-6-4-5-12(8-14)19(24)25;/h4-10H,3H2,1-2H3,(H,22,23)(H,24,25);1H. The molecule has 6 nitrogen and oxygen atoms in total. The molecule has 0 aliphatic carbocycles. The summed E-state index contributed by atoms with van der Waals surface area (Å²) in [4.78, 5) is 28.0. The van der Waals surface area contributed by atoms with Gasteiger partial charge in [-0.25, -0.2) is 9.59 Å². The Morgan fingerprint density at radius 2 is 2.00 bits per heavy atom. The summed E-state index contributed by atoms with van der Waals surface area (Å²) in [6.45, 7) is 3.82. The lowest BCUT2D eigenvalue weighted by Gasteiger charge is -2.15. The number of fused-ring (bicyclic) bond motifs is 1. The summed E-state index contributed by atoms with van der Waals surface area (Å²) in [6, 6.07) is 9.81. The summed E-state index contributed by atoms with van der Waals surface area (Å²) in [7, 11) is 0. The van der Waals surface area contributed by atoms with E-state index in [1.54, 1.807) is 31.2 Å². The van der Waals surface area contributed by atoms with E-state index in [1.807, 2.05) is 6.92 Å². The second kappa shape index (κ2) is 8.91. The van der Waals surface area contributed by atoms with Gasteiger partial charge in [-0.05, 0) is 49.7 Å². The minimum atomic E-state index is -1.04. The normalized spacial score (nSPS) is 10.2. The van der Waals surface area contributed by atoms with E-state index in [9.17, 15) is 14.7 Å². The van der Waals surface area contributed by atoms with Gasteiger partial charge in [-0.3, -0.25) is 4.98 Å². The Kier molecular flexibility index (Phi) is 6.83. The number of halogens is 2. The Labute approximate surface area is 172 Å². The molecule has 0 saturated carbocycles. The molecule has 0 aliphatic rings. The van der Waals surface area contributed by atoms with Gasteiger partial charge in [0.25, 0.3) is 0 Å². The molecule has 0 spiro atoms. The fourth-order valence-corrected chi connectivity index (χ4v) is 3.08. The molecule has 0 bridgehead atoms. The third kappa shape index (κ3) is 4.35. The minimum absolute atomic E-state index is 0. The Morgan fingerprint density at radius 1 is 1.25 bits per heavy atom. The highest BCUT2D eigenvalue weighted by molar-refractivity contribution is 6.31. The number of anilines is 2. The molecular formula is C20H18Cl2N2O4. The topological polar surface area (TPSA) is 88.5 Å². The van der Waals surface area contributed by atoms with Crippen molar-refractivity contribution in [1.29, 1.82) is 0 Å². The molecule has 146 valence electrons. The van der Waals surface area contributed by atoms with Crippen molar-refractivity contribution in [2.24, 2.45) is 0 Å². The highest BCUT2D eigenvalue weighted by Crippen LogP contribution is 2.33. The van der Waals surface area contributed by atoms with E-state index in [0.29, 0.717) is 27.3 Å². The van der Waals surface area contributed by atoms with Crippen molar-refractivity contribution in [2.45, 2.75) is 13.8 Å². The lowest BCUT2D eigenvalue weighted by Crippen LogP contribution is -2.10. The average molecular weight is 421 g/mol. The summed E-state index contributed by atoms with van der Waals surface area (Å²) in [5, 5.41) is 13.5. The molecule has 0 fully saturated rings. The molecule has 0 atom stereocenters. The van der Waals surface area contributed by atoms with Crippen molar-refractivity contribution in [1.82, 2.24) is 4.98 Å². The van der Waals surface area contributed by atoms with Crippen LogP contribution >= 0.6 is 24.0 Å². The van der Waals surface area contributed by atoms with Crippen molar-refractivity contribution in [3.8, 4) is 0 Å². The van der Waals surface area contributed by atoms with Gasteiger partial charge in [0.05, 0.1) is 23.4 Å². The van der Waals surface area contributed by atoms with Crippen LogP contribution in [-0.4, -0.2) is 28.6 Å². The van der Waals surface area contributed by atoms with E-state index >= 15 is 0 Å². The predicted octanol–water partition coefficient (Wildman–Crippen LogP) is 5.24. The second-order valence-electron chi connectivity index (χ2n) is 5.90. The Balaban J connectivity index is 0.00000280. The molecule has 1 heterocycles. The SMILES string of the molecule is CCOC(=O)c1cnc2c(C)cc(Cl)cc2c1Nc1cccc(C(=O)O)c1.Cl. The number of rotatable bonds is 5. The van der Waals surface area contributed by atoms with Crippen LogP contribution in [0.1, 0.15) is 33.2 Å². The van der Waals surface area contributed by atoms with Gasteiger partial charge in [0.15, 0.2) is 0 Å². The zero-order valence-corrected chi connectivity index (χ0v) is 16.7. The molecule has 0 amide bonds. The van der Waals surface area contributed by atoms with Crippen LogP contribution in [0.3, 0.4) is 0 Å². The second-order valence-corrected chi connectivity index (χ2v) is 6.33. The van der Waals surface area contributed by atoms with E-state index in [-0.39, 0.29) is 30.1 Å². The van der Waals surface area contributed by atoms with Crippen molar-refractivity contribution in [2.75, 3.05) is 11.9 Å². The fourth-order valence-electron chi connectivity index (χ4n) is 2.81. The number of carboxylic acids is 1. The van der Waals surface area contributed by atoms with Crippen molar-refractivity contribution < 1.29 is 19.4 Å². The van der Waals surface area contributed by atoms with Crippen molar-refractivity contribution >= 4 is 58.2 Å². The molecule has 0 radical (unpaired) electrons. The average Bonchev–Trinajstić information content (AvgIpc) is 2.62. The number of ether oxygens (including phenoxy) is 1. The molecule has 3 rings (SSSR count). The number of benzene rings is 2. The first-order valence-corrected chi connectivity index (χ1v) is 8.65. The molecule has 3 aromatic rings. The zero-order chi connectivity index (χ0) is 19.6. The van der Waals surface area contributed by atoms with Gasteiger partial charge in [0.2, 0.25) is 0 Å². The molecule has 8 heteroatoms. The first-order valence-electron chi connectivity index (χ1n) is 8.27. The molecule has 2 N–H and O–H groups in total. The smallest absolute Gasteiger partial charge is 0.341 e. The van der Waals surface area contributed by atoms with Gasteiger partial charge in [-0.15, -0.1) is 12.4 Å². The van der Waals surface area contributed by atoms with Crippen LogP contribution in [-0.2, 0) is 4.74 Å². The Hall–Kier alpha value is -2.83. The van der Waals surface area contributed by atoms with Crippen LogP contribution in [0.5, 0.6) is 0 Å². The Morgan fingerprint density at radius 3 is 2.68 bits per heavy atom. The number of nitrogens with one attached hydrogen (secondary N) is 1. The number of aromatic carboxylic acids is 1.